The van der Waals surface area contributed by atoms with Gasteiger partial charge in [-0.15, -0.1) is 0 Å². The van der Waals surface area contributed by atoms with E-state index >= 15 is 0 Å². The van der Waals surface area contributed by atoms with Crippen molar-refractivity contribution in [3.05, 3.63) is 65.5 Å². The summed E-state index contributed by atoms with van der Waals surface area (Å²) in [6.07, 6.45) is 0. The van der Waals surface area contributed by atoms with E-state index in [0.29, 0.717) is 6.07 Å². The number of hydrogen-bond acceptors (Lipinski definition) is 5. The molecule has 0 saturated heterocycles. The molecule has 25 heavy (non-hydrogen) atoms. The summed E-state index contributed by atoms with van der Waals surface area (Å²) in [4.78, 5) is 24.3. The van der Waals surface area contributed by atoms with Gasteiger partial charge in [-0.3, -0.25) is 10.2 Å². The van der Waals surface area contributed by atoms with Gasteiger partial charge in [0, 0.05) is 6.07 Å². The van der Waals surface area contributed by atoms with Crippen LogP contribution < -0.4 is 5.43 Å². The number of Topliss-reactive ketones (excluding diaryl/α,β-unsaturated/α-hetero) is 1. The van der Waals surface area contributed by atoms with E-state index in [4.69, 9.17) is 4.74 Å². The summed E-state index contributed by atoms with van der Waals surface area (Å²) in [5.41, 5.74) is 0.718. The minimum atomic E-state index is -1.11. The summed E-state index contributed by atoms with van der Waals surface area (Å²) < 4.78 is 45.0. The molecule has 130 valence electrons. The van der Waals surface area contributed by atoms with Crippen LogP contribution in [0.25, 0.3) is 0 Å². The zero-order valence-corrected chi connectivity index (χ0v) is 13.1. The first-order chi connectivity index (χ1) is 11.9. The van der Waals surface area contributed by atoms with Gasteiger partial charge in [-0.2, -0.15) is 5.10 Å². The van der Waals surface area contributed by atoms with E-state index < -0.39 is 40.5 Å². The van der Waals surface area contributed by atoms with Gasteiger partial charge in [0.25, 0.3) is 0 Å². The second-order valence-electron chi connectivity index (χ2n) is 4.73. The number of carbonyl (C=O) groups excluding carboxylic acids is 2. The Morgan fingerprint density at radius 3 is 2.44 bits per heavy atom. The van der Waals surface area contributed by atoms with Gasteiger partial charge in [0.2, 0.25) is 11.5 Å². The second-order valence-corrected chi connectivity index (χ2v) is 4.73. The molecule has 0 aromatic heterocycles. The van der Waals surface area contributed by atoms with E-state index in [-0.39, 0.29) is 12.3 Å². The van der Waals surface area contributed by atoms with Crippen LogP contribution in [0.5, 0.6) is 0 Å². The predicted octanol–water partition coefficient (Wildman–Crippen LogP) is 3.32. The van der Waals surface area contributed by atoms with E-state index in [1.165, 1.54) is 25.1 Å². The van der Waals surface area contributed by atoms with Crippen molar-refractivity contribution in [2.24, 2.45) is 5.10 Å². The lowest BCUT2D eigenvalue weighted by molar-refractivity contribution is -0.134. The average Bonchev–Trinajstić information content (AvgIpc) is 2.57. The summed E-state index contributed by atoms with van der Waals surface area (Å²) in [7, 11) is 0. The largest absolute Gasteiger partial charge is 0.461 e. The summed E-state index contributed by atoms with van der Waals surface area (Å²) in [5, 5.41) is 3.53. The highest BCUT2D eigenvalue weighted by Crippen LogP contribution is 2.15. The molecule has 0 radical (unpaired) electrons. The molecule has 0 amide bonds. The summed E-state index contributed by atoms with van der Waals surface area (Å²) >= 11 is 0. The van der Waals surface area contributed by atoms with Gasteiger partial charge in [0.15, 0.2) is 5.82 Å². The Balaban J connectivity index is 2.37. The quantitative estimate of drug-likeness (QED) is 0.285. The van der Waals surface area contributed by atoms with Crippen LogP contribution in [-0.4, -0.2) is 24.1 Å². The Bertz CT molecular complexity index is 838. The second kappa shape index (κ2) is 8.09. The standard InChI is InChI=1S/C17H13F3N2O3/c1-2-25-17(24)15(16(23)11-5-3-4-6-12(11)19)22-21-14-8-7-10(18)9-13(14)20/h3-9,21H,2H2,1H3/b22-15-. The molecule has 0 atom stereocenters. The first-order valence-corrected chi connectivity index (χ1v) is 7.19. The maximum Gasteiger partial charge on any atom is 0.362 e. The van der Waals surface area contributed by atoms with Crippen molar-refractivity contribution in [2.45, 2.75) is 6.92 Å². The van der Waals surface area contributed by atoms with Crippen LogP contribution in [-0.2, 0) is 9.53 Å². The number of rotatable bonds is 6. The van der Waals surface area contributed by atoms with Crippen molar-refractivity contribution in [1.29, 1.82) is 0 Å². The zero-order valence-electron chi connectivity index (χ0n) is 13.1. The van der Waals surface area contributed by atoms with Crippen LogP contribution in [0.2, 0.25) is 0 Å². The van der Waals surface area contributed by atoms with E-state index in [9.17, 15) is 22.8 Å². The highest BCUT2D eigenvalue weighted by atomic mass is 19.1. The number of ether oxygens (including phenoxy) is 1. The van der Waals surface area contributed by atoms with Gasteiger partial charge in [-0.1, -0.05) is 12.1 Å². The number of nitrogens with one attached hydrogen (secondary N) is 1. The molecule has 0 saturated carbocycles. The summed E-state index contributed by atoms with van der Waals surface area (Å²) in [6.45, 7) is 1.46. The number of anilines is 1. The fourth-order valence-corrected chi connectivity index (χ4v) is 1.86. The molecule has 0 unspecified atom stereocenters. The van der Waals surface area contributed by atoms with E-state index in [1.54, 1.807) is 0 Å². The van der Waals surface area contributed by atoms with Crippen LogP contribution >= 0.6 is 0 Å². The van der Waals surface area contributed by atoms with Crippen LogP contribution in [0.1, 0.15) is 17.3 Å². The van der Waals surface area contributed by atoms with Crippen molar-refractivity contribution in [3.8, 4) is 0 Å². The molecule has 0 bridgehead atoms. The normalized spacial score (nSPS) is 11.1. The van der Waals surface area contributed by atoms with E-state index in [1.807, 2.05) is 0 Å². The molecular formula is C17H13F3N2O3. The van der Waals surface area contributed by atoms with Gasteiger partial charge in [0.05, 0.1) is 17.9 Å². The fourth-order valence-electron chi connectivity index (χ4n) is 1.86. The van der Waals surface area contributed by atoms with Crippen molar-refractivity contribution in [2.75, 3.05) is 12.0 Å². The van der Waals surface area contributed by atoms with E-state index in [0.717, 1.165) is 18.2 Å². The van der Waals surface area contributed by atoms with Crippen LogP contribution in [0.4, 0.5) is 18.9 Å². The molecule has 0 aliphatic rings. The first-order valence-electron chi connectivity index (χ1n) is 7.19. The Morgan fingerprint density at radius 2 is 1.80 bits per heavy atom. The number of esters is 1. The number of carbonyl (C=O) groups is 2. The maximum atomic E-state index is 13.8. The molecule has 2 rings (SSSR count). The number of hydrazone groups is 1. The van der Waals surface area contributed by atoms with Crippen LogP contribution in [0, 0.1) is 17.5 Å². The van der Waals surface area contributed by atoms with Gasteiger partial charge in [0.1, 0.15) is 11.6 Å². The molecule has 0 fully saturated rings. The Labute approximate surface area is 141 Å². The number of ketones is 1. The predicted molar refractivity (Wildman–Crippen MR) is 84.8 cm³/mol. The fraction of sp³-hybridized carbons (Fsp3) is 0.118. The minimum absolute atomic E-state index is 0.0483. The SMILES string of the molecule is CCOC(=O)/C(=N\Nc1ccc(F)cc1F)C(=O)c1ccccc1F. The molecule has 2 aromatic rings. The summed E-state index contributed by atoms with van der Waals surface area (Å²) in [5.74, 6) is -4.78. The van der Waals surface area contributed by atoms with Crippen molar-refractivity contribution in [3.63, 3.8) is 0 Å². The minimum Gasteiger partial charge on any atom is -0.461 e. The monoisotopic (exact) mass is 350 g/mol. The number of halogens is 3. The molecule has 1 N–H and O–H groups in total. The lowest BCUT2D eigenvalue weighted by Crippen LogP contribution is -2.28. The molecule has 5 nitrogen and oxygen atoms in total. The molecule has 0 heterocycles. The Kier molecular flexibility index (Phi) is 5.89. The topological polar surface area (TPSA) is 67.8 Å². The number of hydrogen-bond donors (Lipinski definition) is 1. The zero-order chi connectivity index (χ0) is 18.4. The molecule has 0 aliphatic carbocycles. The third-order valence-electron chi connectivity index (χ3n) is 3.02. The average molecular weight is 350 g/mol. The molecule has 0 aliphatic heterocycles. The number of benzene rings is 2. The highest BCUT2D eigenvalue weighted by molar-refractivity contribution is 6.67. The lowest BCUT2D eigenvalue weighted by atomic mass is 10.1. The van der Waals surface area contributed by atoms with Gasteiger partial charge in [-0.25, -0.2) is 18.0 Å². The smallest absolute Gasteiger partial charge is 0.362 e. The van der Waals surface area contributed by atoms with Crippen molar-refractivity contribution >= 4 is 23.2 Å². The molecular weight excluding hydrogens is 337 g/mol. The first kappa shape index (κ1) is 18.2. The number of nitrogens with zero attached hydrogens (tertiary/aromatic N) is 1. The lowest BCUT2D eigenvalue weighted by Gasteiger charge is -2.08. The van der Waals surface area contributed by atoms with E-state index in [2.05, 4.69) is 10.5 Å². The Morgan fingerprint density at radius 1 is 1.08 bits per heavy atom. The third-order valence-corrected chi connectivity index (χ3v) is 3.02. The Hall–Kier alpha value is -3.16. The van der Waals surface area contributed by atoms with Gasteiger partial charge >= 0.3 is 5.97 Å². The molecule has 8 heteroatoms. The van der Waals surface area contributed by atoms with Gasteiger partial charge in [-0.05, 0) is 31.2 Å². The maximum absolute atomic E-state index is 13.8. The summed E-state index contributed by atoms with van der Waals surface area (Å²) in [6, 6.07) is 7.59. The molecule has 0 spiro atoms. The highest BCUT2D eigenvalue weighted by Gasteiger charge is 2.26. The third kappa shape index (κ3) is 4.43. The van der Waals surface area contributed by atoms with Crippen LogP contribution in [0.15, 0.2) is 47.6 Å². The van der Waals surface area contributed by atoms with Crippen molar-refractivity contribution in [1.82, 2.24) is 0 Å². The van der Waals surface area contributed by atoms with Crippen LogP contribution in [0.3, 0.4) is 0 Å². The van der Waals surface area contributed by atoms with Gasteiger partial charge < -0.3 is 4.74 Å². The van der Waals surface area contributed by atoms with Crippen molar-refractivity contribution < 1.29 is 27.5 Å². The molecule has 2 aromatic carbocycles.